The highest BCUT2D eigenvalue weighted by Gasteiger charge is 2.17. The number of hydrogen-bond donors (Lipinski definition) is 0. The van der Waals surface area contributed by atoms with Gasteiger partial charge in [-0.1, -0.05) is 0 Å². The van der Waals surface area contributed by atoms with Gasteiger partial charge in [0.15, 0.2) is 12.3 Å². The van der Waals surface area contributed by atoms with Crippen LogP contribution in [0.4, 0.5) is 0 Å². The van der Waals surface area contributed by atoms with Crippen molar-refractivity contribution < 1.29 is 23.8 Å². The van der Waals surface area contributed by atoms with E-state index in [2.05, 4.69) is 10.1 Å². The van der Waals surface area contributed by atoms with Gasteiger partial charge in [0.2, 0.25) is 5.78 Å². The zero-order chi connectivity index (χ0) is 21.8. The van der Waals surface area contributed by atoms with Gasteiger partial charge in [-0.05, 0) is 51.0 Å². The zero-order valence-electron chi connectivity index (χ0n) is 17.8. The van der Waals surface area contributed by atoms with E-state index in [1.165, 1.54) is 14.2 Å². The average molecular weight is 411 g/mol. The Hall–Kier alpha value is -3.42. The molecule has 0 aliphatic carbocycles. The number of fused-ring (bicyclic) bond motifs is 1. The quantitative estimate of drug-likeness (QED) is 0.415. The molecule has 0 saturated heterocycles. The van der Waals surface area contributed by atoms with Crippen LogP contribution in [0.15, 0.2) is 24.3 Å². The van der Waals surface area contributed by atoms with E-state index in [4.69, 9.17) is 14.2 Å². The largest absolute Gasteiger partial charge is 0.497 e. The number of nitrogens with zero attached hydrogens (tertiary/aromatic N) is 3. The summed E-state index contributed by atoms with van der Waals surface area (Å²) in [6.45, 7) is 5.41. The first-order valence-corrected chi connectivity index (χ1v) is 9.57. The monoisotopic (exact) mass is 411 g/mol. The highest BCUT2D eigenvalue weighted by Crippen LogP contribution is 2.24. The van der Waals surface area contributed by atoms with E-state index in [1.54, 1.807) is 22.7 Å². The molecule has 0 atom stereocenters. The third kappa shape index (κ3) is 4.42. The highest BCUT2D eigenvalue weighted by molar-refractivity contribution is 6.00. The SMILES string of the molecule is COc1ccc(OC)c(C(=O)COC(=O)CCc2c(C)nc3cc(C)nn3c2C)c1. The van der Waals surface area contributed by atoms with E-state index < -0.39 is 5.97 Å². The Morgan fingerprint density at radius 2 is 1.83 bits per heavy atom. The lowest BCUT2D eigenvalue weighted by Crippen LogP contribution is -2.16. The molecule has 0 bridgehead atoms. The van der Waals surface area contributed by atoms with Crippen molar-refractivity contribution in [3.63, 3.8) is 0 Å². The average Bonchev–Trinajstić information content (AvgIpc) is 3.11. The lowest BCUT2D eigenvalue weighted by Gasteiger charge is -2.12. The van der Waals surface area contributed by atoms with Gasteiger partial charge < -0.3 is 14.2 Å². The van der Waals surface area contributed by atoms with E-state index in [0.717, 1.165) is 28.3 Å². The molecule has 0 saturated carbocycles. The number of methoxy groups -OCH3 is 2. The zero-order valence-corrected chi connectivity index (χ0v) is 17.8. The Kier molecular flexibility index (Phi) is 6.34. The number of Topliss-reactive ketones (excluding diaryl/α,β-unsaturated/α-hetero) is 1. The van der Waals surface area contributed by atoms with Crippen LogP contribution in [0.5, 0.6) is 11.5 Å². The number of aryl methyl sites for hydroxylation is 3. The molecule has 3 rings (SSSR count). The summed E-state index contributed by atoms with van der Waals surface area (Å²) in [6, 6.07) is 6.81. The van der Waals surface area contributed by atoms with Gasteiger partial charge in [-0.15, -0.1) is 0 Å². The Morgan fingerprint density at radius 1 is 1.07 bits per heavy atom. The molecule has 0 radical (unpaired) electrons. The normalized spacial score (nSPS) is 10.8. The van der Waals surface area contributed by atoms with Gasteiger partial charge in [-0.2, -0.15) is 5.10 Å². The van der Waals surface area contributed by atoms with Crippen LogP contribution in [0.2, 0.25) is 0 Å². The van der Waals surface area contributed by atoms with Gasteiger partial charge in [0.05, 0.1) is 25.5 Å². The number of ether oxygens (including phenoxy) is 3. The Bertz CT molecular complexity index is 1100. The fraction of sp³-hybridized carbons (Fsp3) is 0.364. The molecule has 8 heteroatoms. The molecule has 0 aliphatic heterocycles. The summed E-state index contributed by atoms with van der Waals surface area (Å²) in [5, 5.41) is 4.44. The third-order valence-electron chi connectivity index (χ3n) is 4.94. The first-order chi connectivity index (χ1) is 14.3. The summed E-state index contributed by atoms with van der Waals surface area (Å²) in [7, 11) is 2.98. The Morgan fingerprint density at radius 3 is 2.53 bits per heavy atom. The summed E-state index contributed by atoms with van der Waals surface area (Å²) in [4.78, 5) is 29.3. The van der Waals surface area contributed by atoms with E-state index in [0.29, 0.717) is 23.5 Å². The Labute approximate surface area is 174 Å². The number of ketones is 1. The molecule has 0 fully saturated rings. The third-order valence-corrected chi connectivity index (χ3v) is 4.94. The van der Waals surface area contributed by atoms with Crippen molar-refractivity contribution in [3.05, 3.63) is 52.5 Å². The van der Waals surface area contributed by atoms with Crippen LogP contribution < -0.4 is 9.47 Å². The van der Waals surface area contributed by atoms with Gasteiger partial charge in [0.1, 0.15) is 11.5 Å². The van der Waals surface area contributed by atoms with E-state index >= 15 is 0 Å². The molecule has 8 nitrogen and oxygen atoms in total. The minimum atomic E-state index is -0.458. The van der Waals surface area contributed by atoms with Gasteiger partial charge in [0.25, 0.3) is 0 Å². The van der Waals surface area contributed by atoms with Gasteiger partial charge in [-0.3, -0.25) is 9.59 Å². The van der Waals surface area contributed by atoms with Crippen LogP contribution in [0.1, 0.15) is 39.4 Å². The predicted octanol–water partition coefficient (Wildman–Crippen LogP) is 3.03. The summed E-state index contributed by atoms with van der Waals surface area (Å²) in [5.41, 5.74) is 4.71. The van der Waals surface area contributed by atoms with Crippen LogP contribution >= 0.6 is 0 Å². The molecular formula is C22H25N3O5. The van der Waals surface area contributed by atoms with E-state index in [9.17, 15) is 9.59 Å². The molecule has 0 unspecified atom stereocenters. The maximum Gasteiger partial charge on any atom is 0.306 e. The number of aromatic nitrogens is 3. The number of carbonyl (C=O) groups excluding carboxylic acids is 2. The minimum Gasteiger partial charge on any atom is -0.497 e. The van der Waals surface area contributed by atoms with Crippen LogP contribution in [0.25, 0.3) is 5.65 Å². The topological polar surface area (TPSA) is 92.0 Å². The Balaban J connectivity index is 1.63. The molecule has 3 aromatic rings. The molecule has 0 aliphatic rings. The second-order valence-corrected chi connectivity index (χ2v) is 6.97. The van der Waals surface area contributed by atoms with E-state index in [-0.39, 0.29) is 18.8 Å². The molecule has 30 heavy (non-hydrogen) atoms. The molecule has 2 aromatic heterocycles. The van der Waals surface area contributed by atoms with Crippen molar-refractivity contribution >= 4 is 17.4 Å². The lowest BCUT2D eigenvalue weighted by atomic mass is 10.1. The van der Waals surface area contributed by atoms with Crippen molar-refractivity contribution in [1.29, 1.82) is 0 Å². The molecule has 0 amide bonds. The number of benzene rings is 1. The fourth-order valence-electron chi connectivity index (χ4n) is 3.36. The molecule has 158 valence electrons. The number of esters is 1. The van der Waals surface area contributed by atoms with Crippen molar-refractivity contribution in [2.75, 3.05) is 20.8 Å². The summed E-state index contributed by atoms with van der Waals surface area (Å²) < 4.78 is 17.3. The highest BCUT2D eigenvalue weighted by atomic mass is 16.5. The lowest BCUT2D eigenvalue weighted by molar-refractivity contribution is -0.142. The molecule has 0 N–H and O–H groups in total. The van der Waals surface area contributed by atoms with Crippen molar-refractivity contribution in [3.8, 4) is 11.5 Å². The van der Waals surface area contributed by atoms with Crippen LogP contribution in [-0.2, 0) is 16.0 Å². The van der Waals surface area contributed by atoms with Crippen molar-refractivity contribution in [2.24, 2.45) is 0 Å². The smallest absolute Gasteiger partial charge is 0.306 e. The second kappa shape index (κ2) is 8.94. The van der Waals surface area contributed by atoms with Crippen LogP contribution in [-0.4, -0.2) is 47.2 Å². The minimum absolute atomic E-state index is 0.137. The first kappa shape index (κ1) is 21.3. The number of rotatable bonds is 8. The summed E-state index contributed by atoms with van der Waals surface area (Å²) in [6.07, 6.45) is 0.590. The molecule has 1 aromatic carbocycles. The number of hydrogen-bond acceptors (Lipinski definition) is 7. The first-order valence-electron chi connectivity index (χ1n) is 9.57. The number of carbonyl (C=O) groups is 2. The summed E-state index contributed by atoms with van der Waals surface area (Å²) in [5.74, 6) is 0.104. The van der Waals surface area contributed by atoms with E-state index in [1.807, 2.05) is 26.8 Å². The maximum atomic E-state index is 12.5. The summed E-state index contributed by atoms with van der Waals surface area (Å²) >= 11 is 0. The fourth-order valence-corrected chi connectivity index (χ4v) is 3.36. The standard InChI is InChI=1S/C22H25N3O5/c1-13-10-21-23-14(2)17(15(3)25(21)24-13)7-9-22(27)30-12-19(26)18-11-16(28-4)6-8-20(18)29-5/h6,8,10-11H,7,9,12H2,1-5H3. The van der Waals surface area contributed by atoms with Crippen LogP contribution in [0, 0.1) is 20.8 Å². The van der Waals surface area contributed by atoms with Gasteiger partial charge >= 0.3 is 5.97 Å². The maximum absolute atomic E-state index is 12.5. The molecule has 0 spiro atoms. The van der Waals surface area contributed by atoms with Gasteiger partial charge in [0, 0.05) is 23.9 Å². The molecule has 2 heterocycles. The second-order valence-electron chi connectivity index (χ2n) is 6.97. The van der Waals surface area contributed by atoms with Crippen molar-refractivity contribution in [1.82, 2.24) is 14.6 Å². The molecular weight excluding hydrogens is 386 g/mol. The van der Waals surface area contributed by atoms with Crippen LogP contribution in [0.3, 0.4) is 0 Å². The van der Waals surface area contributed by atoms with Gasteiger partial charge in [-0.25, -0.2) is 9.50 Å². The predicted molar refractivity (Wildman–Crippen MR) is 110 cm³/mol. The van der Waals surface area contributed by atoms with Crippen molar-refractivity contribution in [2.45, 2.75) is 33.6 Å².